The number of likely N-dealkylation sites (N-methyl/N-ethyl adjacent to an activating group) is 1. The summed E-state index contributed by atoms with van der Waals surface area (Å²) in [4.78, 5) is 20.5. The molecule has 7 nitrogen and oxygen atoms in total. The van der Waals surface area contributed by atoms with Gasteiger partial charge in [-0.2, -0.15) is 0 Å². The summed E-state index contributed by atoms with van der Waals surface area (Å²) in [7, 11) is 5.28. The average molecular weight is 424 g/mol. The lowest BCUT2D eigenvalue weighted by molar-refractivity contribution is -0.130. The maximum Gasteiger partial charge on any atom is 0.236 e. The molecule has 0 aromatic heterocycles. The molecule has 2 N–H and O–H groups in total. The molecule has 162 valence electrons. The van der Waals surface area contributed by atoms with Gasteiger partial charge in [-0.05, 0) is 37.5 Å². The van der Waals surface area contributed by atoms with Crippen LogP contribution >= 0.6 is 11.6 Å². The number of hydrogen-bond acceptors (Lipinski definition) is 4. The van der Waals surface area contributed by atoms with Crippen LogP contribution in [-0.2, 0) is 9.53 Å². The Morgan fingerprint density at radius 2 is 2.10 bits per heavy atom. The fourth-order valence-electron chi connectivity index (χ4n) is 3.28. The molecule has 1 unspecified atom stereocenters. The molecule has 0 aliphatic carbocycles. The van der Waals surface area contributed by atoms with E-state index in [1.54, 1.807) is 26.1 Å². The van der Waals surface area contributed by atoms with Crippen LogP contribution in [0.15, 0.2) is 29.3 Å². The van der Waals surface area contributed by atoms with Crippen LogP contribution < -0.4 is 10.6 Å². The van der Waals surface area contributed by atoms with E-state index >= 15 is 0 Å². The zero-order valence-electron chi connectivity index (χ0n) is 17.9. The molecule has 1 saturated heterocycles. The quantitative estimate of drug-likeness (QED) is 0.495. The van der Waals surface area contributed by atoms with E-state index in [4.69, 9.17) is 21.3 Å². The Labute approximate surface area is 179 Å². The van der Waals surface area contributed by atoms with Crippen LogP contribution in [-0.4, -0.2) is 81.6 Å². The first-order valence-corrected chi connectivity index (χ1v) is 10.6. The Morgan fingerprint density at radius 3 is 2.69 bits per heavy atom. The number of rotatable bonds is 8. The molecule has 1 aliphatic rings. The molecular weight excluding hydrogens is 390 g/mol. The van der Waals surface area contributed by atoms with E-state index in [1.165, 1.54) is 0 Å². The summed E-state index contributed by atoms with van der Waals surface area (Å²) in [5.74, 6) is 0.942. The van der Waals surface area contributed by atoms with Gasteiger partial charge < -0.3 is 20.3 Å². The fourth-order valence-corrected chi connectivity index (χ4v) is 3.48. The van der Waals surface area contributed by atoms with Gasteiger partial charge in [0.05, 0.1) is 13.1 Å². The predicted molar refractivity (Wildman–Crippen MR) is 118 cm³/mol. The van der Waals surface area contributed by atoms with Crippen molar-refractivity contribution in [2.75, 3.05) is 53.9 Å². The van der Waals surface area contributed by atoms with Gasteiger partial charge in [0, 0.05) is 51.9 Å². The van der Waals surface area contributed by atoms with Crippen LogP contribution in [0.5, 0.6) is 0 Å². The van der Waals surface area contributed by atoms with Crippen LogP contribution in [0.1, 0.15) is 31.4 Å². The summed E-state index contributed by atoms with van der Waals surface area (Å²) in [6.45, 7) is 5.64. The van der Waals surface area contributed by atoms with Crippen LogP contribution in [0.25, 0.3) is 0 Å². The highest BCUT2D eigenvalue weighted by molar-refractivity contribution is 6.30. The minimum Gasteiger partial charge on any atom is -0.375 e. The monoisotopic (exact) mass is 423 g/mol. The molecule has 1 amide bonds. The number of aliphatic imine (C=N–C) groups is 1. The number of guanidine groups is 1. The van der Waals surface area contributed by atoms with Gasteiger partial charge in [-0.25, -0.2) is 0 Å². The Kier molecular flexibility index (Phi) is 9.70. The van der Waals surface area contributed by atoms with Gasteiger partial charge in [0.25, 0.3) is 0 Å². The normalized spacial score (nSPS) is 17.1. The van der Waals surface area contributed by atoms with Crippen molar-refractivity contribution in [1.82, 2.24) is 20.4 Å². The molecule has 29 heavy (non-hydrogen) atoms. The summed E-state index contributed by atoms with van der Waals surface area (Å²) in [6.07, 6.45) is 1.81. The molecule has 2 rings (SSSR count). The highest BCUT2D eigenvalue weighted by Crippen LogP contribution is 2.20. The van der Waals surface area contributed by atoms with Gasteiger partial charge in [0.1, 0.15) is 6.10 Å². The summed E-state index contributed by atoms with van der Waals surface area (Å²) in [5, 5.41) is 7.54. The van der Waals surface area contributed by atoms with Gasteiger partial charge in [-0.1, -0.05) is 23.7 Å². The van der Waals surface area contributed by atoms with Crippen molar-refractivity contribution in [2.45, 2.75) is 31.9 Å². The Hall–Kier alpha value is -1.83. The number of nitrogens with zero attached hydrogens (tertiary/aromatic N) is 3. The molecule has 1 aliphatic heterocycles. The number of likely N-dealkylation sites (tertiary alicyclic amines) is 1. The number of amides is 1. The van der Waals surface area contributed by atoms with Gasteiger partial charge in [-0.15, -0.1) is 0 Å². The lowest BCUT2D eigenvalue weighted by atomic mass is 10.1. The zero-order valence-corrected chi connectivity index (χ0v) is 18.7. The van der Waals surface area contributed by atoms with Gasteiger partial charge in [0.15, 0.2) is 5.96 Å². The van der Waals surface area contributed by atoms with Crippen molar-refractivity contribution in [2.24, 2.45) is 4.99 Å². The minimum absolute atomic E-state index is 0.150. The van der Waals surface area contributed by atoms with Crippen molar-refractivity contribution < 1.29 is 9.53 Å². The Balaban J connectivity index is 1.90. The number of hydrogen-bond donors (Lipinski definition) is 2. The number of nitrogens with one attached hydrogen (secondary N) is 2. The second kappa shape index (κ2) is 12.0. The van der Waals surface area contributed by atoms with Gasteiger partial charge in [0.2, 0.25) is 5.91 Å². The van der Waals surface area contributed by atoms with Crippen LogP contribution in [0.4, 0.5) is 0 Å². The van der Waals surface area contributed by atoms with Crippen molar-refractivity contribution in [3.63, 3.8) is 0 Å². The highest BCUT2D eigenvalue weighted by atomic mass is 35.5. The minimum atomic E-state index is -0.150. The number of carbonyl (C=O) groups excluding carboxylic acids is 1. The fraction of sp³-hybridized carbons (Fsp3) is 0.619. The van der Waals surface area contributed by atoms with E-state index in [2.05, 4.69) is 22.5 Å². The average Bonchev–Trinajstić information content (AvgIpc) is 2.70. The molecule has 1 heterocycles. The number of benzene rings is 1. The molecule has 1 fully saturated rings. The number of ether oxygens (including phenoxy) is 1. The van der Waals surface area contributed by atoms with Crippen molar-refractivity contribution >= 4 is 23.5 Å². The molecular formula is C21H34ClN5O2. The summed E-state index contributed by atoms with van der Waals surface area (Å²) in [5.41, 5.74) is 1.01. The number of piperidine rings is 1. The topological polar surface area (TPSA) is 69.2 Å². The third kappa shape index (κ3) is 7.84. The Morgan fingerprint density at radius 1 is 1.38 bits per heavy atom. The molecule has 1 atom stereocenters. The second-order valence-electron chi connectivity index (χ2n) is 7.48. The van der Waals surface area contributed by atoms with Gasteiger partial charge in [-0.3, -0.25) is 14.7 Å². The number of carbonyl (C=O) groups is 1. The Bertz CT molecular complexity index is 675. The summed E-state index contributed by atoms with van der Waals surface area (Å²) >= 11 is 6.10. The third-order valence-corrected chi connectivity index (χ3v) is 5.29. The van der Waals surface area contributed by atoms with Crippen LogP contribution in [0.3, 0.4) is 0 Å². The SMILES string of the molecule is CCNC(=NCC(OC)c1cccc(Cl)c1)NC1CCN(CC(=O)N(C)C)CC1. The highest BCUT2D eigenvalue weighted by Gasteiger charge is 2.22. The van der Waals surface area contributed by atoms with Gasteiger partial charge >= 0.3 is 0 Å². The lowest BCUT2D eigenvalue weighted by Crippen LogP contribution is -2.50. The third-order valence-electron chi connectivity index (χ3n) is 5.05. The van der Waals surface area contributed by atoms with Crippen LogP contribution in [0.2, 0.25) is 5.02 Å². The second-order valence-corrected chi connectivity index (χ2v) is 7.92. The van der Waals surface area contributed by atoms with E-state index in [-0.39, 0.29) is 12.0 Å². The van der Waals surface area contributed by atoms with Crippen molar-refractivity contribution in [3.05, 3.63) is 34.9 Å². The smallest absolute Gasteiger partial charge is 0.236 e. The molecule has 1 aromatic carbocycles. The molecule has 0 bridgehead atoms. The summed E-state index contributed by atoms with van der Waals surface area (Å²) < 4.78 is 5.62. The first-order valence-electron chi connectivity index (χ1n) is 10.2. The predicted octanol–water partition coefficient (Wildman–Crippen LogP) is 2.14. The van der Waals surface area contributed by atoms with Crippen molar-refractivity contribution in [3.8, 4) is 0 Å². The van der Waals surface area contributed by atoms with Crippen LogP contribution in [0, 0.1) is 0 Å². The molecule has 8 heteroatoms. The van der Waals surface area contributed by atoms with E-state index in [9.17, 15) is 4.79 Å². The largest absolute Gasteiger partial charge is 0.375 e. The molecule has 0 saturated carbocycles. The maximum absolute atomic E-state index is 11.9. The number of halogens is 1. The van der Waals surface area contributed by atoms with E-state index in [1.807, 2.05) is 24.3 Å². The summed E-state index contributed by atoms with van der Waals surface area (Å²) in [6, 6.07) is 8.03. The standard InChI is InChI=1S/C21H34ClN5O2/c1-5-23-21(24-14-19(29-4)16-7-6-8-17(22)13-16)25-18-9-11-27(12-10-18)15-20(28)26(2)3/h6-8,13,18-19H,5,9-12,14-15H2,1-4H3,(H2,23,24,25). The molecule has 0 spiro atoms. The first-order chi connectivity index (χ1) is 13.9. The first kappa shape index (κ1) is 23.4. The zero-order chi connectivity index (χ0) is 21.2. The lowest BCUT2D eigenvalue weighted by Gasteiger charge is -2.33. The van der Waals surface area contributed by atoms with E-state index in [0.29, 0.717) is 24.2 Å². The van der Waals surface area contributed by atoms with E-state index < -0.39 is 0 Å². The molecule has 1 aromatic rings. The maximum atomic E-state index is 11.9. The van der Waals surface area contributed by atoms with Crippen molar-refractivity contribution in [1.29, 1.82) is 0 Å². The molecule has 0 radical (unpaired) electrons. The number of methoxy groups -OCH3 is 1. The van der Waals surface area contributed by atoms with E-state index in [0.717, 1.165) is 44.0 Å².